The number of H-pyrrole nitrogens is 1. The van der Waals surface area contributed by atoms with Gasteiger partial charge in [0.15, 0.2) is 0 Å². The Labute approximate surface area is 141 Å². The second kappa shape index (κ2) is 6.17. The van der Waals surface area contributed by atoms with E-state index in [0.717, 1.165) is 6.92 Å². The number of nitrogens with two attached hydrogens (primary N) is 1. The van der Waals surface area contributed by atoms with Gasteiger partial charge >= 0.3 is 18.1 Å². The van der Waals surface area contributed by atoms with E-state index in [4.69, 9.17) is 5.73 Å². The molecule has 0 atom stereocenters. The Bertz CT molecular complexity index is 995. The van der Waals surface area contributed by atoms with Crippen molar-refractivity contribution in [3.63, 3.8) is 0 Å². The number of hydrogen-bond acceptors (Lipinski definition) is 4. The van der Waals surface area contributed by atoms with Gasteiger partial charge in [0.05, 0.1) is 5.56 Å². The first kappa shape index (κ1) is 19.0. The zero-order chi connectivity index (χ0) is 20.0. The van der Waals surface area contributed by atoms with Crippen molar-refractivity contribution in [3.05, 3.63) is 50.6 Å². The summed E-state index contributed by atoms with van der Waals surface area (Å²) in [5, 5.41) is 18.5. The van der Waals surface area contributed by atoms with Crippen LogP contribution in [-0.4, -0.2) is 27.1 Å². The highest BCUT2D eigenvalue weighted by atomic mass is 19.4. The first-order valence-electron chi connectivity index (χ1n) is 6.76. The third-order valence-corrected chi connectivity index (χ3v) is 3.62. The van der Waals surface area contributed by atoms with E-state index < -0.39 is 68.7 Å². The van der Waals surface area contributed by atoms with Crippen molar-refractivity contribution < 1.29 is 37.4 Å². The number of pyridine rings is 1. The fourth-order valence-electron chi connectivity index (χ4n) is 2.58. The molecular formula is C15H10F4N2O5. The molecule has 0 saturated carbocycles. The molecule has 7 nitrogen and oxygen atoms in total. The van der Waals surface area contributed by atoms with E-state index in [1.807, 2.05) is 0 Å². The number of aromatic nitrogens is 1. The normalized spacial score (nSPS) is 11.4. The van der Waals surface area contributed by atoms with Crippen molar-refractivity contribution >= 4 is 17.8 Å². The third-order valence-electron chi connectivity index (χ3n) is 3.62. The van der Waals surface area contributed by atoms with Crippen molar-refractivity contribution in [1.82, 2.24) is 4.98 Å². The van der Waals surface area contributed by atoms with Crippen LogP contribution in [0.25, 0.3) is 11.1 Å². The molecule has 1 aromatic carbocycles. The van der Waals surface area contributed by atoms with E-state index in [-0.39, 0.29) is 0 Å². The van der Waals surface area contributed by atoms with Gasteiger partial charge < -0.3 is 20.9 Å². The first-order valence-corrected chi connectivity index (χ1v) is 6.76. The van der Waals surface area contributed by atoms with E-state index in [0.29, 0.717) is 12.1 Å². The van der Waals surface area contributed by atoms with Gasteiger partial charge in [-0.15, -0.1) is 0 Å². The Hall–Kier alpha value is -3.37. The van der Waals surface area contributed by atoms with E-state index in [9.17, 15) is 42.2 Å². The van der Waals surface area contributed by atoms with Gasteiger partial charge in [0.2, 0.25) is 0 Å². The molecule has 0 aliphatic rings. The summed E-state index contributed by atoms with van der Waals surface area (Å²) < 4.78 is 54.0. The van der Waals surface area contributed by atoms with Crippen LogP contribution in [0.4, 0.5) is 23.4 Å². The van der Waals surface area contributed by atoms with Gasteiger partial charge in [-0.2, -0.15) is 13.2 Å². The largest absolute Gasteiger partial charge is 0.478 e. The van der Waals surface area contributed by atoms with E-state index in [1.54, 1.807) is 4.98 Å². The van der Waals surface area contributed by atoms with Crippen LogP contribution in [0.15, 0.2) is 16.9 Å². The summed E-state index contributed by atoms with van der Waals surface area (Å²) in [5.41, 5.74) is -2.85. The SMILES string of the molecule is Cc1c(F)ccc(-c2c(C(=O)O)c(N)[nH]c(=O)c2C(=O)O)c1C(F)(F)F. The molecule has 0 saturated heterocycles. The number of benzene rings is 1. The number of carboxylic acids is 2. The summed E-state index contributed by atoms with van der Waals surface area (Å²) in [6.07, 6.45) is -5.16. The third kappa shape index (κ3) is 2.98. The molecule has 0 aliphatic carbocycles. The van der Waals surface area contributed by atoms with Gasteiger partial charge in [-0.3, -0.25) is 4.79 Å². The minimum atomic E-state index is -5.16. The van der Waals surface area contributed by atoms with Gasteiger partial charge in [-0.1, -0.05) is 6.07 Å². The minimum Gasteiger partial charge on any atom is -0.478 e. The summed E-state index contributed by atoms with van der Waals surface area (Å²) in [4.78, 5) is 36.5. The number of hydrogen-bond donors (Lipinski definition) is 4. The number of nitrogen functional groups attached to an aromatic ring is 1. The standard InChI is InChI=1S/C15H10F4N2O5/c1-4-6(16)3-2-5(10(4)15(17,18)19)7-8(13(23)24)11(20)21-12(22)9(7)14(25)26/h2-3H,1H3,(H,23,24)(H,25,26)(H3,20,21,22). The second-order valence-electron chi connectivity index (χ2n) is 5.20. The number of carboxylic acid groups (broad SMARTS) is 2. The quantitative estimate of drug-likeness (QED) is 0.610. The van der Waals surface area contributed by atoms with Crippen molar-refractivity contribution in [2.24, 2.45) is 0 Å². The summed E-state index contributed by atoms with van der Waals surface area (Å²) in [6.45, 7) is 0.791. The summed E-state index contributed by atoms with van der Waals surface area (Å²) in [7, 11) is 0. The molecule has 2 rings (SSSR count). The van der Waals surface area contributed by atoms with Gasteiger partial charge in [0.25, 0.3) is 5.56 Å². The molecule has 1 aromatic heterocycles. The lowest BCUT2D eigenvalue weighted by molar-refractivity contribution is -0.137. The lowest BCUT2D eigenvalue weighted by atomic mass is 9.89. The molecule has 0 amide bonds. The van der Waals surface area contributed by atoms with E-state index in [1.165, 1.54) is 0 Å². The number of aromatic carboxylic acids is 2. The molecule has 11 heteroatoms. The Morgan fingerprint density at radius 3 is 2.12 bits per heavy atom. The van der Waals surface area contributed by atoms with Gasteiger partial charge in [0, 0.05) is 5.56 Å². The van der Waals surface area contributed by atoms with Crippen LogP contribution < -0.4 is 11.3 Å². The summed E-state index contributed by atoms with van der Waals surface area (Å²) in [6, 6.07) is 1.16. The molecule has 0 spiro atoms. The Balaban J connectivity index is 3.17. The van der Waals surface area contributed by atoms with Gasteiger partial charge in [-0.05, 0) is 24.1 Å². The minimum absolute atomic E-state index is 0.554. The molecule has 26 heavy (non-hydrogen) atoms. The number of aromatic amines is 1. The summed E-state index contributed by atoms with van der Waals surface area (Å²) >= 11 is 0. The maximum Gasteiger partial charge on any atom is 0.417 e. The molecule has 1 heterocycles. The molecule has 0 fully saturated rings. The van der Waals surface area contributed by atoms with Crippen molar-refractivity contribution in [3.8, 4) is 11.1 Å². The Kier molecular flexibility index (Phi) is 4.50. The maximum absolute atomic E-state index is 13.7. The van der Waals surface area contributed by atoms with Gasteiger partial charge in [-0.25, -0.2) is 14.0 Å². The van der Waals surface area contributed by atoms with Crippen molar-refractivity contribution in [2.75, 3.05) is 5.73 Å². The topological polar surface area (TPSA) is 133 Å². The number of alkyl halides is 3. The van der Waals surface area contributed by atoms with Crippen LogP contribution in [0.1, 0.15) is 31.8 Å². The van der Waals surface area contributed by atoms with Crippen molar-refractivity contribution in [2.45, 2.75) is 13.1 Å². The maximum atomic E-state index is 13.7. The molecule has 0 unspecified atom stereocenters. The smallest absolute Gasteiger partial charge is 0.417 e. The molecule has 0 radical (unpaired) electrons. The Morgan fingerprint density at radius 2 is 1.65 bits per heavy atom. The number of rotatable bonds is 3. The van der Waals surface area contributed by atoms with Crippen LogP contribution >= 0.6 is 0 Å². The van der Waals surface area contributed by atoms with Crippen LogP contribution in [0, 0.1) is 12.7 Å². The lowest BCUT2D eigenvalue weighted by Gasteiger charge is -2.19. The zero-order valence-corrected chi connectivity index (χ0v) is 12.9. The van der Waals surface area contributed by atoms with E-state index in [2.05, 4.69) is 0 Å². The zero-order valence-electron chi connectivity index (χ0n) is 12.9. The predicted molar refractivity (Wildman–Crippen MR) is 80.5 cm³/mol. The van der Waals surface area contributed by atoms with Crippen molar-refractivity contribution in [1.29, 1.82) is 0 Å². The summed E-state index contributed by atoms with van der Waals surface area (Å²) in [5.74, 6) is -5.92. The molecule has 138 valence electrons. The highest BCUT2D eigenvalue weighted by Gasteiger charge is 2.39. The fraction of sp³-hybridized carbons (Fsp3) is 0.133. The van der Waals surface area contributed by atoms with Crippen LogP contribution in [0.2, 0.25) is 0 Å². The van der Waals surface area contributed by atoms with Gasteiger partial charge in [0.1, 0.15) is 22.8 Å². The number of nitrogens with one attached hydrogen (secondary N) is 1. The fourth-order valence-corrected chi connectivity index (χ4v) is 2.58. The molecule has 2 aromatic rings. The predicted octanol–water partition coefficient (Wildman–Crippen LogP) is 2.49. The van der Waals surface area contributed by atoms with Crippen LogP contribution in [0.3, 0.4) is 0 Å². The number of halogens is 4. The first-order chi connectivity index (χ1) is 11.9. The molecular weight excluding hydrogens is 364 g/mol. The Morgan fingerprint density at radius 1 is 1.12 bits per heavy atom. The van der Waals surface area contributed by atoms with E-state index >= 15 is 0 Å². The average molecular weight is 374 g/mol. The highest BCUT2D eigenvalue weighted by molar-refractivity contribution is 6.07. The molecule has 0 aliphatic heterocycles. The highest BCUT2D eigenvalue weighted by Crippen LogP contribution is 2.42. The number of anilines is 1. The molecule has 0 bridgehead atoms. The second-order valence-corrected chi connectivity index (χ2v) is 5.20. The monoisotopic (exact) mass is 374 g/mol. The number of carbonyl (C=O) groups is 2. The average Bonchev–Trinajstić information content (AvgIpc) is 2.46. The van der Waals surface area contributed by atoms with Crippen LogP contribution in [-0.2, 0) is 6.18 Å². The van der Waals surface area contributed by atoms with Crippen LogP contribution in [0.5, 0.6) is 0 Å². The lowest BCUT2D eigenvalue weighted by Crippen LogP contribution is -2.25. The molecule has 5 N–H and O–H groups in total.